The van der Waals surface area contributed by atoms with E-state index >= 15 is 0 Å². The summed E-state index contributed by atoms with van der Waals surface area (Å²) in [5.41, 5.74) is 0.378. The molecule has 2 aliphatic rings. The number of fused-ring (bicyclic) bond motifs is 1. The quantitative estimate of drug-likeness (QED) is 0.628. The van der Waals surface area contributed by atoms with Crippen molar-refractivity contribution in [1.82, 2.24) is 0 Å². The Hall–Kier alpha value is -0.0800. The van der Waals surface area contributed by atoms with Gasteiger partial charge in [-0.25, -0.2) is 0 Å². The Bertz CT molecular complexity index is 165. The summed E-state index contributed by atoms with van der Waals surface area (Å²) < 4.78 is 10.9. The molecule has 0 spiro atoms. The fourth-order valence-corrected chi connectivity index (χ4v) is 3.60. The molecule has 2 rings (SSSR count). The van der Waals surface area contributed by atoms with Gasteiger partial charge in [-0.2, -0.15) is 0 Å². The molecular weight excluding hydrogens is 164 g/mol. The Morgan fingerprint density at radius 1 is 1.08 bits per heavy atom. The highest BCUT2D eigenvalue weighted by atomic mass is 16.7. The molecule has 0 heterocycles. The van der Waals surface area contributed by atoms with Gasteiger partial charge in [0.25, 0.3) is 0 Å². The lowest BCUT2D eigenvalue weighted by Gasteiger charge is -2.35. The lowest BCUT2D eigenvalue weighted by Crippen LogP contribution is -2.37. The standard InChI is InChI=1S/C11H20O2/c1-12-10(13-2)11-7-3-5-9(11)6-4-8-11/h9-10H,3-8H2,1-2H3. The Kier molecular flexibility index (Phi) is 2.61. The van der Waals surface area contributed by atoms with Crippen molar-refractivity contribution in [2.75, 3.05) is 14.2 Å². The average Bonchev–Trinajstić information content (AvgIpc) is 2.64. The molecule has 0 aromatic rings. The summed E-state index contributed by atoms with van der Waals surface area (Å²) in [4.78, 5) is 0. The lowest BCUT2D eigenvalue weighted by molar-refractivity contribution is -0.184. The topological polar surface area (TPSA) is 18.5 Å². The minimum absolute atomic E-state index is 0.0440. The van der Waals surface area contributed by atoms with Crippen molar-refractivity contribution in [3.8, 4) is 0 Å². The molecule has 2 nitrogen and oxygen atoms in total. The highest BCUT2D eigenvalue weighted by Crippen LogP contribution is 2.56. The smallest absolute Gasteiger partial charge is 0.162 e. The van der Waals surface area contributed by atoms with Gasteiger partial charge in [0.2, 0.25) is 0 Å². The number of hydrogen-bond donors (Lipinski definition) is 0. The molecule has 0 saturated heterocycles. The SMILES string of the molecule is COC(OC)C12CCCC1CCC2. The fraction of sp³-hybridized carbons (Fsp3) is 1.00. The fourth-order valence-electron chi connectivity index (χ4n) is 3.60. The first-order chi connectivity index (χ1) is 6.33. The van der Waals surface area contributed by atoms with Crippen LogP contribution in [0.25, 0.3) is 0 Å². The van der Waals surface area contributed by atoms with E-state index in [2.05, 4.69) is 0 Å². The second kappa shape index (κ2) is 3.58. The molecule has 0 unspecified atom stereocenters. The molecule has 13 heavy (non-hydrogen) atoms. The summed E-state index contributed by atoms with van der Waals surface area (Å²) in [5, 5.41) is 0. The molecule has 2 saturated carbocycles. The first-order valence-corrected chi connectivity index (χ1v) is 5.39. The van der Waals surface area contributed by atoms with Crippen LogP contribution in [0, 0.1) is 11.3 Å². The molecule has 2 fully saturated rings. The molecule has 76 valence electrons. The molecule has 0 radical (unpaired) electrons. The number of hydrogen-bond acceptors (Lipinski definition) is 2. The zero-order valence-electron chi connectivity index (χ0n) is 8.71. The average molecular weight is 184 g/mol. The predicted octanol–water partition coefficient (Wildman–Crippen LogP) is 2.58. The Morgan fingerprint density at radius 3 is 2.08 bits per heavy atom. The van der Waals surface area contributed by atoms with E-state index in [1.165, 1.54) is 38.5 Å². The van der Waals surface area contributed by atoms with Crippen LogP contribution in [0.3, 0.4) is 0 Å². The van der Waals surface area contributed by atoms with Gasteiger partial charge in [0.05, 0.1) is 0 Å². The van der Waals surface area contributed by atoms with Crippen LogP contribution < -0.4 is 0 Å². The van der Waals surface area contributed by atoms with Crippen molar-refractivity contribution in [2.45, 2.75) is 44.8 Å². The van der Waals surface area contributed by atoms with Crippen molar-refractivity contribution >= 4 is 0 Å². The molecule has 0 N–H and O–H groups in total. The second-order valence-electron chi connectivity index (χ2n) is 4.52. The largest absolute Gasteiger partial charge is 0.355 e. The summed E-state index contributed by atoms with van der Waals surface area (Å²) in [7, 11) is 3.55. The van der Waals surface area contributed by atoms with E-state index in [0.717, 1.165) is 5.92 Å². The molecule has 0 aromatic heterocycles. The van der Waals surface area contributed by atoms with Crippen LogP contribution in [0.1, 0.15) is 38.5 Å². The van der Waals surface area contributed by atoms with E-state index in [1.54, 1.807) is 14.2 Å². The monoisotopic (exact) mass is 184 g/mol. The molecule has 0 aromatic carbocycles. The zero-order chi connectivity index (χ0) is 9.31. The van der Waals surface area contributed by atoms with Crippen LogP contribution in [0.4, 0.5) is 0 Å². The highest BCUT2D eigenvalue weighted by molar-refractivity contribution is 4.98. The van der Waals surface area contributed by atoms with E-state index in [-0.39, 0.29) is 6.29 Å². The van der Waals surface area contributed by atoms with E-state index in [1.807, 2.05) is 0 Å². The Balaban J connectivity index is 2.16. The van der Waals surface area contributed by atoms with Gasteiger partial charge >= 0.3 is 0 Å². The number of rotatable bonds is 3. The third-order valence-electron chi connectivity index (χ3n) is 4.10. The number of methoxy groups -OCH3 is 2. The number of ether oxygens (including phenoxy) is 2. The Morgan fingerprint density at radius 2 is 1.62 bits per heavy atom. The third-order valence-corrected chi connectivity index (χ3v) is 4.10. The molecule has 0 atom stereocenters. The van der Waals surface area contributed by atoms with E-state index < -0.39 is 0 Å². The molecule has 2 aliphatic carbocycles. The maximum Gasteiger partial charge on any atom is 0.162 e. The van der Waals surface area contributed by atoms with Gasteiger partial charge in [0.15, 0.2) is 6.29 Å². The van der Waals surface area contributed by atoms with Crippen LogP contribution in [0.2, 0.25) is 0 Å². The molecule has 0 amide bonds. The van der Waals surface area contributed by atoms with Crippen LogP contribution in [0.5, 0.6) is 0 Å². The van der Waals surface area contributed by atoms with Gasteiger partial charge < -0.3 is 9.47 Å². The van der Waals surface area contributed by atoms with Gasteiger partial charge in [0.1, 0.15) is 0 Å². The second-order valence-corrected chi connectivity index (χ2v) is 4.52. The maximum absolute atomic E-state index is 5.47. The van der Waals surface area contributed by atoms with Crippen molar-refractivity contribution in [2.24, 2.45) is 11.3 Å². The summed E-state index contributed by atoms with van der Waals surface area (Å²) in [6.07, 6.45) is 8.19. The van der Waals surface area contributed by atoms with E-state index in [9.17, 15) is 0 Å². The van der Waals surface area contributed by atoms with Crippen molar-refractivity contribution in [3.63, 3.8) is 0 Å². The minimum Gasteiger partial charge on any atom is -0.355 e. The zero-order valence-corrected chi connectivity index (χ0v) is 8.71. The highest BCUT2D eigenvalue weighted by Gasteiger charge is 2.51. The van der Waals surface area contributed by atoms with Crippen LogP contribution in [-0.2, 0) is 9.47 Å². The van der Waals surface area contributed by atoms with E-state index in [4.69, 9.17) is 9.47 Å². The van der Waals surface area contributed by atoms with Crippen molar-refractivity contribution < 1.29 is 9.47 Å². The van der Waals surface area contributed by atoms with Crippen LogP contribution in [-0.4, -0.2) is 20.5 Å². The normalized spacial score (nSPS) is 38.5. The van der Waals surface area contributed by atoms with Crippen LogP contribution >= 0.6 is 0 Å². The molecule has 0 aliphatic heterocycles. The van der Waals surface area contributed by atoms with Gasteiger partial charge in [0, 0.05) is 19.6 Å². The maximum atomic E-state index is 5.47. The van der Waals surface area contributed by atoms with E-state index in [0.29, 0.717) is 5.41 Å². The molecule has 2 heteroatoms. The molecular formula is C11H20O2. The van der Waals surface area contributed by atoms with Gasteiger partial charge in [-0.1, -0.05) is 12.8 Å². The van der Waals surface area contributed by atoms with Gasteiger partial charge in [-0.3, -0.25) is 0 Å². The summed E-state index contributed by atoms with van der Waals surface area (Å²) in [6, 6.07) is 0. The summed E-state index contributed by atoms with van der Waals surface area (Å²) in [5.74, 6) is 0.873. The molecule has 0 bridgehead atoms. The van der Waals surface area contributed by atoms with Crippen molar-refractivity contribution in [3.05, 3.63) is 0 Å². The lowest BCUT2D eigenvalue weighted by atomic mass is 9.79. The Labute approximate surface area is 80.6 Å². The van der Waals surface area contributed by atoms with Crippen LogP contribution in [0.15, 0.2) is 0 Å². The van der Waals surface area contributed by atoms with Crippen molar-refractivity contribution in [1.29, 1.82) is 0 Å². The van der Waals surface area contributed by atoms with Gasteiger partial charge in [-0.15, -0.1) is 0 Å². The summed E-state index contributed by atoms with van der Waals surface area (Å²) >= 11 is 0. The predicted molar refractivity (Wildman–Crippen MR) is 51.4 cm³/mol. The first-order valence-electron chi connectivity index (χ1n) is 5.39. The first kappa shape index (κ1) is 9.47. The third kappa shape index (κ3) is 1.31. The van der Waals surface area contributed by atoms with Gasteiger partial charge in [-0.05, 0) is 31.6 Å². The summed E-state index contributed by atoms with van der Waals surface area (Å²) in [6.45, 7) is 0. The minimum atomic E-state index is 0.0440.